The minimum Gasteiger partial charge on any atom is -0.361 e. The standard InChI is InChI=1S/C20H25N5O/c1-14-5-4-6-16-18(14)15(13-24-16)8-9-23-20(26)25-12-3-2-7-17(25)19-21-10-11-22-19/h4-6,10-11,13,17,24H,2-3,7-9,12H2,1H3,(H,21,22)(H,23,26). The number of aryl methyl sites for hydroxylation is 1. The Hall–Kier alpha value is -2.76. The molecule has 1 unspecified atom stereocenters. The molecule has 0 aliphatic carbocycles. The van der Waals surface area contributed by atoms with Gasteiger partial charge < -0.3 is 20.2 Å². The first kappa shape index (κ1) is 16.7. The van der Waals surface area contributed by atoms with Crippen molar-refractivity contribution in [2.24, 2.45) is 0 Å². The first-order valence-corrected chi connectivity index (χ1v) is 9.33. The van der Waals surface area contributed by atoms with Gasteiger partial charge in [0.05, 0.1) is 6.04 Å². The van der Waals surface area contributed by atoms with Crippen molar-refractivity contribution in [1.29, 1.82) is 0 Å². The molecule has 26 heavy (non-hydrogen) atoms. The molecule has 0 saturated carbocycles. The Morgan fingerprint density at radius 1 is 1.35 bits per heavy atom. The third-order valence-electron chi connectivity index (χ3n) is 5.27. The monoisotopic (exact) mass is 351 g/mol. The van der Waals surface area contributed by atoms with Crippen LogP contribution in [-0.4, -0.2) is 39.0 Å². The third kappa shape index (κ3) is 3.19. The summed E-state index contributed by atoms with van der Waals surface area (Å²) in [7, 11) is 0. The number of amides is 2. The van der Waals surface area contributed by atoms with E-state index in [0.29, 0.717) is 6.54 Å². The molecule has 0 radical (unpaired) electrons. The molecular formula is C20H25N5O. The molecule has 2 amide bonds. The van der Waals surface area contributed by atoms with Gasteiger partial charge >= 0.3 is 6.03 Å². The zero-order valence-corrected chi connectivity index (χ0v) is 15.1. The first-order chi connectivity index (χ1) is 12.7. The number of H-pyrrole nitrogens is 2. The maximum atomic E-state index is 12.7. The van der Waals surface area contributed by atoms with Gasteiger partial charge in [0.25, 0.3) is 0 Å². The second-order valence-corrected chi connectivity index (χ2v) is 6.97. The van der Waals surface area contributed by atoms with E-state index in [-0.39, 0.29) is 12.1 Å². The molecule has 1 fully saturated rings. The summed E-state index contributed by atoms with van der Waals surface area (Å²) < 4.78 is 0. The highest BCUT2D eigenvalue weighted by atomic mass is 16.2. The molecular weight excluding hydrogens is 326 g/mol. The van der Waals surface area contributed by atoms with Gasteiger partial charge in [0.2, 0.25) is 0 Å². The average molecular weight is 351 g/mol. The van der Waals surface area contributed by atoms with Gasteiger partial charge in [-0.1, -0.05) is 12.1 Å². The summed E-state index contributed by atoms with van der Waals surface area (Å²) in [6, 6.07) is 6.33. The fraction of sp³-hybridized carbons (Fsp3) is 0.400. The molecule has 1 atom stereocenters. The number of urea groups is 1. The van der Waals surface area contributed by atoms with Crippen molar-refractivity contribution in [3.8, 4) is 0 Å². The molecule has 1 saturated heterocycles. The number of rotatable bonds is 4. The van der Waals surface area contributed by atoms with E-state index in [1.54, 1.807) is 6.20 Å². The van der Waals surface area contributed by atoms with Crippen molar-refractivity contribution in [2.75, 3.05) is 13.1 Å². The fourth-order valence-electron chi connectivity index (χ4n) is 3.97. The van der Waals surface area contributed by atoms with Crippen LogP contribution in [0.3, 0.4) is 0 Å². The number of piperidine rings is 1. The maximum Gasteiger partial charge on any atom is 0.318 e. The van der Waals surface area contributed by atoms with Crippen molar-refractivity contribution >= 4 is 16.9 Å². The Balaban J connectivity index is 1.40. The number of benzene rings is 1. The Bertz CT molecular complexity index is 883. The number of carbonyl (C=O) groups excluding carboxylic acids is 1. The number of fused-ring (bicyclic) bond motifs is 1. The Kier molecular flexibility index (Phi) is 4.65. The Morgan fingerprint density at radius 2 is 2.27 bits per heavy atom. The highest BCUT2D eigenvalue weighted by Gasteiger charge is 2.29. The summed E-state index contributed by atoms with van der Waals surface area (Å²) in [6.45, 7) is 3.53. The molecule has 2 aromatic heterocycles. The van der Waals surface area contributed by atoms with E-state index in [2.05, 4.69) is 51.6 Å². The molecule has 1 aromatic carbocycles. The van der Waals surface area contributed by atoms with Gasteiger partial charge in [0, 0.05) is 42.6 Å². The molecule has 136 valence electrons. The molecule has 1 aliphatic rings. The van der Waals surface area contributed by atoms with Gasteiger partial charge in [-0.25, -0.2) is 9.78 Å². The molecule has 3 aromatic rings. The van der Waals surface area contributed by atoms with Crippen LogP contribution in [0.25, 0.3) is 10.9 Å². The van der Waals surface area contributed by atoms with Crippen LogP contribution < -0.4 is 5.32 Å². The molecule has 3 heterocycles. The van der Waals surface area contributed by atoms with Crippen molar-refractivity contribution in [1.82, 2.24) is 25.2 Å². The van der Waals surface area contributed by atoms with E-state index < -0.39 is 0 Å². The predicted molar refractivity (Wildman–Crippen MR) is 102 cm³/mol. The number of hydrogen-bond donors (Lipinski definition) is 3. The highest BCUT2D eigenvalue weighted by molar-refractivity contribution is 5.86. The molecule has 4 rings (SSSR count). The van der Waals surface area contributed by atoms with Gasteiger partial charge in [-0.2, -0.15) is 0 Å². The summed E-state index contributed by atoms with van der Waals surface area (Å²) in [5.41, 5.74) is 3.67. The van der Waals surface area contributed by atoms with Crippen LogP contribution in [0, 0.1) is 6.92 Å². The number of nitrogens with zero attached hydrogens (tertiary/aromatic N) is 2. The molecule has 6 nitrogen and oxygen atoms in total. The highest BCUT2D eigenvalue weighted by Crippen LogP contribution is 2.28. The number of nitrogens with one attached hydrogen (secondary N) is 3. The van der Waals surface area contributed by atoms with E-state index in [9.17, 15) is 4.79 Å². The van der Waals surface area contributed by atoms with Gasteiger partial charge in [-0.3, -0.25) is 0 Å². The Labute approximate surface area is 153 Å². The molecule has 0 spiro atoms. The summed E-state index contributed by atoms with van der Waals surface area (Å²) in [6.07, 6.45) is 9.57. The Morgan fingerprint density at radius 3 is 3.12 bits per heavy atom. The SMILES string of the molecule is Cc1cccc2[nH]cc(CCNC(=O)N3CCCCC3c3ncc[nH]3)c12. The van der Waals surface area contributed by atoms with Crippen LogP contribution in [0.4, 0.5) is 4.79 Å². The molecule has 3 N–H and O–H groups in total. The number of likely N-dealkylation sites (tertiary alicyclic amines) is 1. The number of carbonyl (C=O) groups is 1. The van der Waals surface area contributed by atoms with Crippen LogP contribution >= 0.6 is 0 Å². The zero-order chi connectivity index (χ0) is 17.9. The lowest BCUT2D eigenvalue weighted by atomic mass is 10.0. The maximum absolute atomic E-state index is 12.7. The van der Waals surface area contributed by atoms with Crippen LogP contribution in [0.2, 0.25) is 0 Å². The topological polar surface area (TPSA) is 76.8 Å². The average Bonchev–Trinajstić information content (AvgIpc) is 3.32. The second-order valence-electron chi connectivity index (χ2n) is 6.97. The van der Waals surface area contributed by atoms with Crippen LogP contribution in [-0.2, 0) is 6.42 Å². The number of hydrogen-bond acceptors (Lipinski definition) is 2. The number of aromatic amines is 2. The molecule has 0 bridgehead atoms. The van der Waals surface area contributed by atoms with E-state index in [1.165, 1.54) is 16.5 Å². The predicted octanol–water partition coefficient (Wildman–Crippen LogP) is 3.68. The van der Waals surface area contributed by atoms with E-state index >= 15 is 0 Å². The van der Waals surface area contributed by atoms with Crippen molar-refractivity contribution in [2.45, 2.75) is 38.6 Å². The van der Waals surface area contributed by atoms with Crippen molar-refractivity contribution in [3.05, 3.63) is 53.7 Å². The minimum absolute atomic E-state index is 0.00247. The van der Waals surface area contributed by atoms with Crippen LogP contribution in [0.5, 0.6) is 0 Å². The third-order valence-corrected chi connectivity index (χ3v) is 5.27. The lowest BCUT2D eigenvalue weighted by molar-refractivity contribution is 0.148. The second kappa shape index (κ2) is 7.23. The van der Waals surface area contributed by atoms with Gasteiger partial charge in [0.1, 0.15) is 5.82 Å². The van der Waals surface area contributed by atoms with E-state index in [4.69, 9.17) is 0 Å². The lowest BCUT2D eigenvalue weighted by Crippen LogP contribution is -2.45. The summed E-state index contributed by atoms with van der Waals surface area (Å²) in [5, 5.41) is 4.37. The van der Waals surface area contributed by atoms with E-state index in [1.807, 2.05) is 11.1 Å². The van der Waals surface area contributed by atoms with Crippen molar-refractivity contribution in [3.63, 3.8) is 0 Å². The van der Waals surface area contributed by atoms with Gasteiger partial charge in [-0.15, -0.1) is 0 Å². The number of imidazole rings is 1. The largest absolute Gasteiger partial charge is 0.361 e. The lowest BCUT2D eigenvalue weighted by Gasteiger charge is -2.34. The van der Waals surface area contributed by atoms with Crippen molar-refractivity contribution < 1.29 is 4.79 Å². The van der Waals surface area contributed by atoms with Crippen LogP contribution in [0.15, 0.2) is 36.8 Å². The summed E-state index contributed by atoms with van der Waals surface area (Å²) in [4.78, 5) is 25.5. The van der Waals surface area contributed by atoms with E-state index in [0.717, 1.165) is 43.6 Å². The summed E-state index contributed by atoms with van der Waals surface area (Å²) in [5.74, 6) is 0.882. The van der Waals surface area contributed by atoms with Gasteiger partial charge in [0.15, 0.2) is 0 Å². The fourth-order valence-corrected chi connectivity index (χ4v) is 3.97. The smallest absolute Gasteiger partial charge is 0.318 e. The first-order valence-electron chi connectivity index (χ1n) is 9.33. The van der Waals surface area contributed by atoms with Gasteiger partial charge in [-0.05, 0) is 49.8 Å². The molecule has 1 aliphatic heterocycles. The number of aromatic nitrogens is 3. The molecule has 6 heteroatoms. The summed E-state index contributed by atoms with van der Waals surface area (Å²) >= 11 is 0. The van der Waals surface area contributed by atoms with Crippen LogP contribution in [0.1, 0.15) is 42.3 Å². The quantitative estimate of drug-likeness (QED) is 0.670. The minimum atomic E-state index is 0.00247. The zero-order valence-electron chi connectivity index (χ0n) is 15.1. The normalized spacial score (nSPS) is 17.6.